The van der Waals surface area contributed by atoms with Crippen LogP contribution in [-0.2, 0) is 57.3 Å². The Labute approximate surface area is 630 Å². The molecule has 0 spiro atoms. The maximum atomic E-state index is 14.1. The number of aromatic amines is 1. The van der Waals surface area contributed by atoms with Crippen molar-refractivity contribution in [2.75, 3.05) is 96.2 Å². The van der Waals surface area contributed by atoms with Gasteiger partial charge in [0.2, 0.25) is 35.5 Å². The van der Waals surface area contributed by atoms with Gasteiger partial charge in [-0.1, -0.05) is 127 Å². The number of likely N-dealkylation sites (tertiary alicyclic amines) is 1. The minimum atomic E-state index is -1.38. The molecule has 9 aromatic rings. The number of pyridine rings is 1. The van der Waals surface area contributed by atoms with Gasteiger partial charge in [-0.15, -0.1) is 0 Å². The van der Waals surface area contributed by atoms with E-state index in [1.165, 1.54) is 11.9 Å². The minimum absolute atomic E-state index is 0.0618. The average Bonchev–Trinajstić information content (AvgIpc) is 1.67. The van der Waals surface area contributed by atoms with Gasteiger partial charge in [-0.2, -0.15) is 0 Å². The first-order valence-corrected chi connectivity index (χ1v) is 37.0. The van der Waals surface area contributed by atoms with Crippen molar-refractivity contribution in [1.82, 2.24) is 61.2 Å². The zero-order chi connectivity index (χ0) is 75.8. The molecule has 562 valence electrons. The van der Waals surface area contributed by atoms with Crippen LogP contribution in [0.15, 0.2) is 169 Å². The number of H-pyrrole nitrogens is 1. The molecule has 2 atom stereocenters. The van der Waals surface area contributed by atoms with Crippen molar-refractivity contribution in [3.63, 3.8) is 0 Å². The Bertz CT molecular complexity index is 4990. The van der Waals surface area contributed by atoms with Gasteiger partial charge in [-0.3, -0.25) is 39.0 Å². The zero-order valence-electron chi connectivity index (χ0n) is 61.4. The van der Waals surface area contributed by atoms with E-state index in [1.807, 2.05) is 121 Å². The minimum Gasteiger partial charge on any atom is -0.495 e. The number of rotatable bonds is 26. The predicted octanol–water partition coefficient (Wildman–Crippen LogP) is 7.71. The number of aromatic nitrogens is 4. The largest absolute Gasteiger partial charge is 0.495 e. The molecule has 109 heavy (non-hydrogen) atoms. The molecule has 2 aliphatic carbocycles. The number of carbonyl (C=O) groups excluding carboxylic acids is 7. The maximum Gasteiger partial charge on any atom is 0.410 e. The molecule has 26 nitrogen and oxygen atoms in total. The molecule has 3 saturated heterocycles. The fourth-order valence-electron chi connectivity index (χ4n) is 14.9. The third-order valence-electron chi connectivity index (χ3n) is 21.1. The van der Waals surface area contributed by atoms with Gasteiger partial charge < -0.3 is 69.8 Å². The van der Waals surface area contributed by atoms with Gasteiger partial charge >= 0.3 is 12.1 Å². The number of aryl methyl sites for hydroxylation is 1. The normalized spacial score (nSPS) is 16.6. The SMILES string of the molecule is COc1ccc(C#CCNC2(C)CCN(C3CCN(c4nc([C@@](COCNC(=O)CNC(=O)[C@H](Cc5ccccc5)NC(=O)CNC(=O)CN(C)C(=O)OC5c6ccccc6-c6ccccc65)(OC5CC5)c5ccccc5)c5cc(-c6cn(C)c(=O)c7[nH]ccc67)ccc5n4)CC3)CC2)cc1N1CCC(=O)NC1=O. The van der Waals surface area contributed by atoms with Gasteiger partial charge in [0.15, 0.2) is 11.7 Å². The molecule has 1 saturated carbocycles. The second kappa shape index (κ2) is 32.8. The van der Waals surface area contributed by atoms with Crippen LogP contribution < -0.4 is 52.0 Å². The number of methoxy groups -OCH3 is 1. The van der Waals surface area contributed by atoms with E-state index in [0.29, 0.717) is 65.2 Å². The van der Waals surface area contributed by atoms with E-state index in [0.717, 1.165) is 112 Å². The number of hydrogen-bond donors (Lipinski definition) is 7. The van der Waals surface area contributed by atoms with Crippen LogP contribution in [0.25, 0.3) is 44.1 Å². The summed E-state index contributed by atoms with van der Waals surface area (Å²) in [5, 5.41) is 18.3. The molecule has 3 aromatic heterocycles. The third kappa shape index (κ3) is 16.8. The van der Waals surface area contributed by atoms with Crippen LogP contribution in [0, 0.1) is 11.8 Å². The Hall–Kier alpha value is -11.8. The fourth-order valence-corrected chi connectivity index (χ4v) is 14.9. The van der Waals surface area contributed by atoms with Crippen LogP contribution in [0.5, 0.6) is 5.75 Å². The number of imide groups is 1. The van der Waals surface area contributed by atoms with Crippen molar-refractivity contribution in [2.24, 2.45) is 7.05 Å². The number of fused-ring (bicyclic) bond motifs is 5. The summed E-state index contributed by atoms with van der Waals surface area (Å²) in [6.07, 6.45) is 7.52. The molecule has 6 heterocycles. The van der Waals surface area contributed by atoms with Crippen molar-refractivity contribution in [3.05, 3.63) is 208 Å². The Morgan fingerprint density at radius 1 is 0.743 bits per heavy atom. The molecule has 6 aromatic carbocycles. The number of urea groups is 1. The van der Waals surface area contributed by atoms with Crippen molar-refractivity contribution in [2.45, 2.75) is 93.7 Å². The van der Waals surface area contributed by atoms with Crippen LogP contribution in [0.2, 0.25) is 0 Å². The third-order valence-corrected chi connectivity index (χ3v) is 21.1. The van der Waals surface area contributed by atoms with Gasteiger partial charge in [0.1, 0.15) is 30.6 Å². The number of amides is 8. The maximum absolute atomic E-state index is 14.1. The topological polar surface area (TPSA) is 305 Å². The van der Waals surface area contributed by atoms with Crippen molar-refractivity contribution < 1.29 is 52.5 Å². The van der Waals surface area contributed by atoms with Crippen LogP contribution in [0.3, 0.4) is 0 Å². The first-order valence-electron chi connectivity index (χ1n) is 37.0. The summed E-state index contributed by atoms with van der Waals surface area (Å²) in [6, 6.07) is 46.3. The van der Waals surface area contributed by atoms with E-state index in [-0.39, 0.29) is 55.8 Å². The molecule has 5 aliphatic rings. The van der Waals surface area contributed by atoms with Crippen LogP contribution in [-0.4, -0.2) is 181 Å². The van der Waals surface area contributed by atoms with E-state index in [2.05, 4.69) is 71.5 Å². The van der Waals surface area contributed by atoms with Crippen LogP contribution >= 0.6 is 0 Å². The lowest BCUT2D eigenvalue weighted by molar-refractivity contribution is -0.131. The van der Waals surface area contributed by atoms with Gasteiger partial charge in [-0.25, -0.2) is 19.6 Å². The van der Waals surface area contributed by atoms with Gasteiger partial charge in [0.25, 0.3) is 5.56 Å². The predicted molar refractivity (Wildman–Crippen MR) is 411 cm³/mol. The van der Waals surface area contributed by atoms with Gasteiger partial charge in [-0.05, 0) is 110 Å². The molecule has 8 amide bonds. The van der Waals surface area contributed by atoms with Gasteiger partial charge in [0.05, 0.1) is 56.4 Å². The molecule has 0 unspecified atom stereocenters. The average molecular weight is 1470 g/mol. The molecule has 7 N–H and O–H groups in total. The number of ether oxygens (including phenoxy) is 4. The Kier molecular flexibility index (Phi) is 22.3. The smallest absolute Gasteiger partial charge is 0.410 e. The second-order valence-electron chi connectivity index (χ2n) is 28.6. The molecule has 4 fully saturated rings. The highest BCUT2D eigenvalue weighted by Crippen LogP contribution is 2.47. The fraction of sp³-hybridized carbons (Fsp3) is 0.349. The summed E-state index contributed by atoms with van der Waals surface area (Å²) in [4.78, 5) is 128. The lowest BCUT2D eigenvalue weighted by Gasteiger charge is -2.45. The van der Waals surface area contributed by atoms with E-state index >= 15 is 0 Å². The van der Waals surface area contributed by atoms with Crippen LogP contribution in [0.1, 0.15) is 91.5 Å². The molecule has 14 rings (SSSR count). The number of nitrogens with one attached hydrogen (secondary N) is 7. The monoisotopic (exact) mass is 1470 g/mol. The number of hydrogen-bond acceptors (Lipinski definition) is 17. The summed E-state index contributed by atoms with van der Waals surface area (Å²) >= 11 is 0. The number of likely N-dealkylation sites (N-methyl/N-ethyl adjacent to an activating group) is 1. The number of anilines is 2. The molecule has 3 aliphatic heterocycles. The molecular weight excluding hydrogens is 1380 g/mol. The quantitative estimate of drug-likeness (QED) is 0.0155. The standard InChI is InChI=1S/C83H88N14O12/c1-82(88-37-15-18-54-25-30-69(106-4)68(45-54)97-41-34-70(98)91-80(97)104)35-42-95(43-36-82)57-32-39-96(40-33-57)79-90-66-29-26-55(65-49-93(2)78(103)74-61(65)31-38-84-74)46-64(66)76(92-79)83(109-58-27-28-58,56-19-9-6-10-20-56)51-107-52-87-71(99)47-86-77(102)67(44-53-16-7-5-8-17-53)89-72(100)48-85-73(101)50-94(3)81(105)108-75-62-23-13-11-21-59(62)60-22-12-14-24-63(60)75/h5-14,16-17,19-26,29-31,38,45-46,49,57-58,67,75,84,88H,27-28,32-37,39-44,47-48,50-52H2,1-4H3,(H,85,101)(H,86,102)(H,87,99)(H,89,100)(H,91,98,104)/t67-,83-/m0/s1. The van der Waals surface area contributed by atoms with E-state index in [4.69, 9.17) is 28.9 Å². The lowest BCUT2D eigenvalue weighted by Crippen LogP contribution is -2.55. The Balaban J connectivity index is 0.632. The lowest BCUT2D eigenvalue weighted by atomic mass is 9.87. The molecule has 26 heteroatoms. The van der Waals surface area contributed by atoms with E-state index < -0.39 is 73.1 Å². The van der Waals surface area contributed by atoms with Crippen molar-refractivity contribution in [1.29, 1.82) is 0 Å². The Morgan fingerprint density at radius 3 is 2.17 bits per heavy atom. The second-order valence-corrected chi connectivity index (χ2v) is 28.6. The van der Waals surface area contributed by atoms with Crippen LogP contribution in [0.4, 0.5) is 21.2 Å². The number of benzene rings is 6. The number of nitrogens with zero attached hydrogens (tertiary/aromatic N) is 7. The summed E-state index contributed by atoms with van der Waals surface area (Å²) in [6.45, 7) is 4.38. The summed E-state index contributed by atoms with van der Waals surface area (Å²) in [5.74, 6) is 4.74. The summed E-state index contributed by atoms with van der Waals surface area (Å²) in [7, 11) is 4.70. The van der Waals surface area contributed by atoms with Crippen molar-refractivity contribution >= 4 is 75.1 Å². The molecule has 0 bridgehead atoms. The first kappa shape index (κ1) is 74.1. The highest BCUT2D eigenvalue weighted by atomic mass is 16.6. The highest BCUT2D eigenvalue weighted by Gasteiger charge is 2.45. The van der Waals surface area contributed by atoms with Crippen molar-refractivity contribution in [3.8, 4) is 39.8 Å². The number of carbonyl (C=O) groups is 7. The number of piperidine rings is 2. The zero-order valence-corrected chi connectivity index (χ0v) is 61.4. The highest BCUT2D eigenvalue weighted by molar-refractivity contribution is 6.06. The molecule has 0 radical (unpaired) electrons. The van der Waals surface area contributed by atoms with Gasteiger partial charge in [0, 0.05) is 117 Å². The first-order chi connectivity index (χ1) is 52.9. The summed E-state index contributed by atoms with van der Waals surface area (Å²) in [5.41, 5.74) is 8.05. The van der Waals surface area contributed by atoms with E-state index in [1.54, 1.807) is 55.3 Å². The molecular formula is C83H88N14O12. The van der Waals surface area contributed by atoms with E-state index in [9.17, 15) is 38.4 Å². The summed E-state index contributed by atoms with van der Waals surface area (Å²) < 4.78 is 27.0. The Morgan fingerprint density at radius 2 is 1.45 bits per heavy atom.